The van der Waals surface area contributed by atoms with Gasteiger partial charge in [0, 0.05) is 78.4 Å². The average Bonchev–Trinajstić information content (AvgIpc) is 3.32. The standard InChI is InChI=1S/C53H53N5O6/c1-5-42-21-44(11-7-8-17-59)51(61-32-40-19-38(25-54)27-57-29-40)23-47(42)35-63-50-15-10-14-49(37(50)4)48-13-9-12-45(36(48)3)34-64-52-24-53(46(22-43(52)6-2)31-56-16-18-60)62-33-41-20-39(26-55)28-58-30-41/h5-6,9-10,12-15,19-24,27-30,56,59-60H,1-2,7-8,11,16-18,31-35H2,3-4H3. The van der Waals surface area contributed by atoms with Crippen molar-refractivity contribution in [2.75, 3.05) is 19.8 Å². The predicted octanol–water partition coefficient (Wildman–Crippen LogP) is 9.50. The number of nitrogens with one attached hydrogen (secondary N) is 1. The summed E-state index contributed by atoms with van der Waals surface area (Å²) < 4.78 is 25.7. The van der Waals surface area contributed by atoms with Crippen LogP contribution in [0.15, 0.2) is 111 Å². The van der Waals surface area contributed by atoms with Crippen LogP contribution in [0.3, 0.4) is 0 Å². The van der Waals surface area contributed by atoms with Crippen molar-refractivity contribution < 1.29 is 29.2 Å². The van der Waals surface area contributed by atoms with Gasteiger partial charge in [0.15, 0.2) is 0 Å². The monoisotopic (exact) mass is 855 g/mol. The Morgan fingerprint density at radius 2 is 1.19 bits per heavy atom. The van der Waals surface area contributed by atoms with Crippen molar-refractivity contribution in [3.05, 3.63) is 178 Å². The van der Waals surface area contributed by atoms with Crippen molar-refractivity contribution in [1.82, 2.24) is 15.3 Å². The summed E-state index contributed by atoms with van der Waals surface area (Å²) in [4.78, 5) is 8.33. The van der Waals surface area contributed by atoms with E-state index in [0.29, 0.717) is 47.9 Å². The number of rotatable bonds is 23. The Hall–Kier alpha value is -7.28. The molecule has 0 spiro atoms. The van der Waals surface area contributed by atoms with Crippen LogP contribution in [0.4, 0.5) is 0 Å². The molecule has 64 heavy (non-hydrogen) atoms. The highest BCUT2D eigenvalue weighted by molar-refractivity contribution is 5.73. The predicted molar refractivity (Wildman–Crippen MR) is 248 cm³/mol. The van der Waals surface area contributed by atoms with E-state index in [9.17, 15) is 20.7 Å². The van der Waals surface area contributed by atoms with Gasteiger partial charge in [-0.15, -0.1) is 0 Å². The van der Waals surface area contributed by atoms with E-state index in [0.717, 1.165) is 85.4 Å². The molecule has 0 saturated carbocycles. The van der Waals surface area contributed by atoms with Gasteiger partial charge in [-0.1, -0.05) is 55.6 Å². The SMILES string of the molecule is C=Cc1cc(CCCCO)c(OCc2cncc(C#N)c2)cc1COc1cccc(-c2cccc(COc3cc(OCc4cncc(C#N)c4)c(CNCCO)cc3C=C)c2C)c1C. The molecule has 0 aliphatic rings. The van der Waals surface area contributed by atoms with Crippen LogP contribution < -0.4 is 24.3 Å². The van der Waals surface area contributed by atoms with Gasteiger partial charge < -0.3 is 34.5 Å². The highest BCUT2D eigenvalue weighted by Crippen LogP contribution is 2.36. The minimum Gasteiger partial charge on any atom is -0.489 e. The number of aromatic nitrogens is 2. The van der Waals surface area contributed by atoms with Gasteiger partial charge in [0.05, 0.1) is 17.7 Å². The fourth-order valence-corrected chi connectivity index (χ4v) is 7.32. The van der Waals surface area contributed by atoms with Crippen LogP contribution in [0.2, 0.25) is 0 Å². The largest absolute Gasteiger partial charge is 0.489 e. The van der Waals surface area contributed by atoms with Gasteiger partial charge in [0.1, 0.15) is 61.6 Å². The first-order chi connectivity index (χ1) is 31.3. The minimum atomic E-state index is 0.00462. The topological polar surface area (TPSA) is 163 Å². The van der Waals surface area contributed by atoms with Crippen molar-refractivity contribution >= 4 is 12.2 Å². The van der Waals surface area contributed by atoms with Crippen molar-refractivity contribution in [2.45, 2.75) is 66.1 Å². The lowest BCUT2D eigenvalue weighted by molar-refractivity contribution is 0.281. The second kappa shape index (κ2) is 23.2. The van der Waals surface area contributed by atoms with Crippen LogP contribution in [0.1, 0.15) is 79.6 Å². The van der Waals surface area contributed by atoms with Gasteiger partial charge in [-0.3, -0.25) is 9.97 Å². The van der Waals surface area contributed by atoms with Crippen molar-refractivity contribution in [1.29, 1.82) is 10.5 Å². The molecule has 3 N–H and O–H groups in total. The first-order valence-corrected chi connectivity index (χ1v) is 21.2. The summed E-state index contributed by atoms with van der Waals surface area (Å²) >= 11 is 0. The number of unbranched alkanes of at least 4 members (excludes halogenated alkanes) is 1. The summed E-state index contributed by atoms with van der Waals surface area (Å²) in [5.74, 6) is 2.66. The third-order valence-corrected chi connectivity index (χ3v) is 10.8. The molecular formula is C53H53N5O6. The van der Waals surface area contributed by atoms with Gasteiger partial charge in [-0.25, -0.2) is 0 Å². The molecule has 11 nitrogen and oxygen atoms in total. The molecule has 6 aromatic rings. The summed E-state index contributed by atoms with van der Waals surface area (Å²) in [6, 6.07) is 27.9. The number of aliphatic hydroxyl groups excluding tert-OH is 2. The first-order valence-electron chi connectivity index (χ1n) is 21.2. The first kappa shape index (κ1) is 46.2. The molecule has 0 unspecified atom stereocenters. The fraction of sp³-hybridized carbons (Fsp3) is 0.245. The molecule has 0 atom stereocenters. The molecule has 2 heterocycles. The van der Waals surface area contributed by atoms with Gasteiger partial charge in [-0.05, 0) is 108 Å². The zero-order chi connectivity index (χ0) is 45.3. The minimum absolute atomic E-state index is 0.00462. The van der Waals surface area contributed by atoms with Crippen molar-refractivity contribution in [3.8, 4) is 46.3 Å². The van der Waals surface area contributed by atoms with Crippen LogP contribution in [0.25, 0.3) is 23.3 Å². The Kier molecular flexibility index (Phi) is 16.8. The van der Waals surface area contributed by atoms with Gasteiger partial charge in [0.25, 0.3) is 0 Å². The Morgan fingerprint density at radius 3 is 1.83 bits per heavy atom. The maximum Gasteiger partial charge on any atom is 0.130 e. The smallest absolute Gasteiger partial charge is 0.130 e. The highest BCUT2D eigenvalue weighted by Gasteiger charge is 2.17. The molecule has 0 amide bonds. The van der Waals surface area contributed by atoms with Crippen LogP contribution in [0, 0.1) is 36.5 Å². The van der Waals surface area contributed by atoms with E-state index in [1.165, 1.54) is 12.4 Å². The molecule has 11 heteroatoms. The Labute approximate surface area is 375 Å². The number of aliphatic hydroxyl groups is 2. The van der Waals surface area contributed by atoms with E-state index < -0.39 is 0 Å². The van der Waals surface area contributed by atoms with Crippen molar-refractivity contribution in [3.63, 3.8) is 0 Å². The average molecular weight is 856 g/mol. The molecule has 6 rings (SSSR count). The number of aryl methyl sites for hydroxylation is 1. The Bertz CT molecular complexity index is 2480. The maximum atomic E-state index is 9.44. The lowest BCUT2D eigenvalue weighted by Crippen LogP contribution is -2.18. The summed E-state index contributed by atoms with van der Waals surface area (Å²) in [6.45, 7) is 14.3. The highest BCUT2D eigenvalue weighted by atomic mass is 16.5. The summed E-state index contributed by atoms with van der Waals surface area (Å²) in [5.41, 5.74) is 12.1. The summed E-state index contributed by atoms with van der Waals surface area (Å²) in [6.07, 6.45) is 12.2. The number of ether oxygens (including phenoxy) is 4. The Balaban J connectivity index is 1.21. The third kappa shape index (κ3) is 12.0. The number of pyridine rings is 2. The fourth-order valence-electron chi connectivity index (χ4n) is 7.32. The number of hydrogen-bond donors (Lipinski definition) is 3. The molecule has 0 aliphatic carbocycles. The molecule has 0 aliphatic heterocycles. The van der Waals surface area contributed by atoms with E-state index in [4.69, 9.17) is 18.9 Å². The number of nitrogens with zero attached hydrogens (tertiary/aromatic N) is 4. The lowest BCUT2D eigenvalue weighted by Gasteiger charge is -2.19. The Morgan fingerprint density at radius 1 is 0.594 bits per heavy atom. The van der Waals surface area contributed by atoms with Crippen LogP contribution >= 0.6 is 0 Å². The van der Waals surface area contributed by atoms with Crippen LogP contribution in [-0.4, -0.2) is 39.9 Å². The molecule has 0 saturated heterocycles. The van der Waals surface area contributed by atoms with Gasteiger partial charge >= 0.3 is 0 Å². The van der Waals surface area contributed by atoms with E-state index in [1.54, 1.807) is 30.6 Å². The zero-order valence-corrected chi connectivity index (χ0v) is 36.4. The second-order valence-electron chi connectivity index (χ2n) is 15.2. The van der Waals surface area contributed by atoms with E-state index in [-0.39, 0.29) is 39.6 Å². The quantitative estimate of drug-likeness (QED) is 0.0526. The van der Waals surface area contributed by atoms with Gasteiger partial charge in [-0.2, -0.15) is 10.5 Å². The van der Waals surface area contributed by atoms with E-state index in [2.05, 4.69) is 78.7 Å². The molecule has 326 valence electrons. The van der Waals surface area contributed by atoms with Crippen LogP contribution in [0.5, 0.6) is 23.0 Å². The molecule has 4 aromatic carbocycles. The lowest BCUT2D eigenvalue weighted by atomic mass is 9.93. The summed E-state index contributed by atoms with van der Waals surface area (Å²) in [5, 5.41) is 40.7. The second-order valence-corrected chi connectivity index (χ2v) is 15.2. The third-order valence-electron chi connectivity index (χ3n) is 10.8. The number of hydrogen-bond acceptors (Lipinski definition) is 11. The maximum absolute atomic E-state index is 9.44. The molecule has 0 bridgehead atoms. The number of benzene rings is 4. The molecule has 2 aromatic heterocycles. The zero-order valence-electron chi connectivity index (χ0n) is 36.4. The van der Waals surface area contributed by atoms with E-state index >= 15 is 0 Å². The molecule has 0 radical (unpaired) electrons. The van der Waals surface area contributed by atoms with Crippen molar-refractivity contribution in [2.24, 2.45) is 0 Å². The molecular weight excluding hydrogens is 803 g/mol. The van der Waals surface area contributed by atoms with Gasteiger partial charge in [0.2, 0.25) is 0 Å². The summed E-state index contributed by atoms with van der Waals surface area (Å²) in [7, 11) is 0. The molecule has 0 fully saturated rings. The normalized spacial score (nSPS) is 10.7. The van der Waals surface area contributed by atoms with Crippen LogP contribution in [-0.2, 0) is 39.4 Å². The van der Waals surface area contributed by atoms with E-state index in [1.807, 2.05) is 42.5 Å². The number of nitriles is 2.